The smallest absolute Gasteiger partial charge is 0.214 e. The standard InChI is InChI=1S/C11H20ClNO2S/c12-8-11(6-7-11)9-13-16(14,15)10-4-2-1-3-5-10/h10,13H,1-9H2. The lowest BCUT2D eigenvalue weighted by atomic mass is 10.0. The summed E-state index contributed by atoms with van der Waals surface area (Å²) >= 11 is 5.84. The number of halogens is 1. The quantitative estimate of drug-likeness (QED) is 0.775. The highest BCUT2D eigenvalue weighted by Gasteiger charge is 2.43. The summed E-state index contributed by atoms with van der Waals surface area (Å²) in [6, 6.07) is 0. The molecule has 0 heterocycles. The Morgan fingerprint density at radius 3 is 2.31 bits per heavy atom. The topological polar surface area (TPSA) is 46.2 Å². The molecule has 3 nitrogen and oxygen atoms in total. The van der Waals surface area contributed by atoms with Gasteiger partial charge in [-0.1, -0.05) is 19.3 Å². The van der Waals surface area contributed by atoms with Crippen molar-refractivity contribution in [3.05, 3.63) is 0 Å². The van der Waals surface area contributed by atoms with Gasteiger partial charge in [-0.25, -0.2) is 13.1 Å². The van der Waals surface area contributed by atoms with Crippen molar-refractivity contribution in [2.45, 2.75) is 50.2 Å². The number of hydrogen-bond acceptors (Lipinski definition) is 2. The van der Waals surface area contributed by atoms with Crippen molar-refractivity contribution in [2.75, 3.05) is 12.4 Å². The molecule has 1 N–H and O–H groups in total. The van der Waals surface area contributed by atoms with Crippen LogP contribution in [0.2, 0.25) is 0 Å². The molecule has 2 fully saturated rings. The lowest BCUT2D eigenvalue weighted by Crippen LogP contribution is -2.39. The van der Waals surface area contributed by atoms with Crippen LogP contribution in [0.1, 0.15) is 44.9 Å². The van der Waals surface area contributed by atoms with E-state index in [0.717, 1.165) is 38.5 Å². The molecule has 0 atom stereocenters. The van der Waals surface area contributed by atoms with Crippen LogP contribution >= 0.6 is 11.6 Å². The second-order valence-corrected chi connectivity index (χ2v) is 7.57. The molecule has 0 radical (unpaired) electrons. The van der Waals surface area contributed by atoms with Crippen molar-refractivity contribution >= 4 is 21.6 Å². The van der Waals surface area contributed by atoms with Crippen molar-refractivity contribution in [3.63, 3.8) is 0 Å². The van der Waals surface area contributed by atoms with Gasteiger partial charge in [-0.15, -0.1) is 11.6 Å². The molecule has 2 aliphatic rings. The molecule has 0 spiro atoms. The Hall–Kier alpha value is 0.200. The summed E-state index contributed by atoms with van der Waals surface area (Å²) in [5, 5.41) is -0.160. The van der Waals surface area contributed by atoms with Gasteiger partial charge >= 0.3 is 0 Å². The monoisotopic (exact) mass is 265 g/mol. The van der Waals surface area contributed by atoms with Gasteiger partial charge < -0.3 is 0 Å². The van der Waals surface area contributed by atoms with Gasteiger partial charge in [0.05, 0.1) is 5.25 Å². The molecule has 0 amide bonds. The Morgan fingerprint density at radius 1 is 1.19 bits per heavy atom. The average Bonchev–Trinajstić information content (AvgIpc) is 3.09. The van der Waals surface area contributed by atoms with Gasteiger partial charge in [0.1, 0.15) is 0 Å². The van der Waals surface area contributed by atoms with Crippen LogP contribution in [-0.4, -0.2) is 26.1 Å². The molecule has 0 unspecified atom stereocenters. The summed E-state index contributed by atoms with van der Waals surface area (Å²) in [5.74, 6) is 0.570. The average molecular weight is 266 g/mol. The van der Waals surface area contributed by atoms with Crippen molar-refractivity contribution in [2.24, 2.45) is 5.41 Å². The van der Waals surface area contributed by atoms with E-state index in [4.69, 9.17) is 11.6 Å². The molecular formula is C11H20ClNO2S. The normalized spacial score (nSPS) is 25.6. The summed E-state index contributed by atoms with van der Waals surface area (Å²) < 4.78 is 26.8. The Balaban J connectivity index is 1.87. The molecule has 2 aliphatic carbocycles. The second kappa shape index (κ2) is 4.83. The first-order valence-electron chi connectivity index (χ1n) is 6.12. The molecule has 0 aromatic heterocycles. The zero-order valence-corrected chi connectivity index (χ0v) is 11.1. The number of alkyl halides is 1. The second-order valence-electron chi connectivity index (χ2n) is 5.26. The predicted molar refractivity (Wildman–Crippen MR) is 66.2 cm³/mol. The lowest BCUT2D eigenvalue weighted by Gasteiger charge is -2.23. The van der Waals surface area contributed by atoms with Crippen LogP contribution in [-0.2, 0) is 10.0 Å². The fourth-order valence-corrected chi connectivity index (χ4v) is 4.34. The van der Waals surface area contributed by atoms with E-state index in [-0.39, 0.29) is 10.7 Å². The Kier molecular flexibility index (Phi) is 3.82. The fraction of sp³-hybridized carbons (Fsp3) is 1.00. The minimum atomic E-state index is -3.10. The first-order chi connectivity index (χ1) is 7.58. The minimum Gasteiger partial charge on any atom is -0.214 e. The van der Waals surface area contributed by atoms with E-state index in [1.165, 1.54) is 6.42 Å². The molecule has 94 valence electrons. The molecular weight excluding hydrogens is 246 g/mol. The van der Waals surface area contributed by atoms with Gasteiger partial charge in [0.2, 0.25) is 10.0 Å². The highest BCUT2D eigenvalue weighted by atomic mass is 35.5. The summed E-state index contributed by atoms with van der Waals surface area (Å²) in [4.78, 5) is 0. The predicted octanol–water partition coefficient (Wildman–Crippen LogP) is 2.26. The minimum absolute atomic E-state index is 0.0727. The van der Waals surface area contributed by atoms with Gasteiger partial charge in [0.15, 0.2) is 0 Å². The lowest BCUT2D eigenvalue weighted by molar-refractivity contribution is 0.469. The molecule has 0 aliphatic heterocycles. The van der Waals surface area contributed by atoms with Crippen LogP contribution in [0.4, 0.5) is 0 Å². The SMILES string of the molecule is O=S(=O)(NCC1(CCl)CC1)C1CCCCC1. The highest BCUT2D eigenvalue weighted by Crippen LogP contribution is 2.46. The maximum absolute atomic E-state index is 12.0. The van der Waals surface area contributed by atoms with Crippen LogP contribution in [0.25, 0.3) is 0 Å². The number of rotatable bonds is 5. The molecule has 5 heteroatoms. The zero-order chi connectivity index (χ0) is 11.6. The third-order valence-electron chi connectivity index (χ3n) is 3.88. The summed E-state index contributed by atoms with van der Waals surface area (Å²) in [7, 11) is -3.10. The Labute approximate surface area is 103 Å². The van der Waals surface area contributed by atoms with Crippen molar-refractivity contribution in [1.29, 1.82) is 0 Å². The van der Waals surface area contributed by atoms with E-state index < -0.39 is 10.0 Å². The van der Waals surface area contributed by atoms with E-state index >= 15 is 0 Å². The van der Waals surface area contributed by atoms with Crippen LogP contribution in [0.5, 0.6) is 0 Å². The summed E-state index contributed by atoms with van der Waals surface area (Å²) in [5.41, 5.74) is 0.0727. The van der Waals surface area contributed by atoms with Crippen LogP contribution < -0.4 is 4.72 Å². The molecule has 0 aromatic rings. The molecule has 0 saturated heterocycles. The first-order valence-corrected chi connectivity index (χ1v) is 8.21. The first kappa shape index (κ1) is 12.7. The Morgan fingerprint density at radius 2 is 1.81 bits per heavy atom. The van der Waals surface area contributed by atoms with Gasteiger partial charge in [0, 0.05) is 12.4 Å². The molecule has 2 saturated carbocycles. The maximum Gasteiger partial charge on any atom is 0.214 e. The van der Waals surface area contributed by atoms with E-state index in [1.807, 2.05) is 0 Å². The highest BCUT2D eigenvalue weighted by molar-refractivity contribution is 7.90. The van der Waals surface area contributed by atoms with E-state index in [9.17, 15) is 8.42 Å². The van der Waals surface area contributed by atoms with Crippen molar-refractivity contribution in [1.82, 2.24) is 4.72 Å². The fourth-order valence-electron chi connectivity index (χ4n) is 2.28. The van der Waals surface area contributed by atoms with Gasteiger partial charge in [-0.3, -0.25) is 0 Å². The van der Waals surface area contributed by atoms with Gasteiger partial charge in [-0.05, 0) is 31.1 Å². The van der Waals surface area contributed by atoms with Crippen molar-refractivity contribution in [3.8, 4) is 0 Å². The molecule has 0 bridgehead atoms. The summed E-state index contributed by atoms with van der Waals surface area (Å²) in [6.45, 7) is 0.537. The third-order valence-corrected chi connectivity index (χ3v) is 6.34. The molecule has 16 heavy (non-hydrogen) atoms. The zero-order valence-electron chi connectivity index (χ0n) is 9.54. The number of nitrogens with one attached hydrogen (secondary N) is 1. The van der Waals surface area contributed by atoms with Crippen LogP contribution in [0.15, 0.2) is 0 Å². The maximum atomic E-state index is 12.0. The summed E-state index contributed by atoms with van der Waals surface area (Å²) in [6.07, 6.45) is 7.04. The number of sulfonamides is 1. The molecule has 0 aromatic carbocycles. The van der Waals surface area contributed by atoms with Crippen LogP contribution in [0.3, 0.4) is 0 Å². The Bertz CT molecular complexity index is 332. The van der Waals surface area contributed by atoms with E-state index in [0.29, 0.717) is 12.4 Å². The van der Waals surface area contributed by atoms with Crippen LogP contribution in [0, 0.1) is 5.41 Å². The molecule has 2 rings (SSSR count). The van der Waals surface area contributed by atoms with E-state index in [1.54, 1.807) is 0 Å². The third kappa shape index (κ3) is 2.90. The van der Waals surface area contributed by atoms with Gasteiger partial charge in [-0.2, -0.15) is 0 Å². The number of hydrogen-bond donors (Lipinski definition) is 1. The largest absolute Gasteiger partial charge is 0.214 e. The van der Waals surface area contributed by atoms with Gasteiger partial charge in [0.25, 0.3) is 0 Å². The van der Waals surface area contributed by atoms with Crippen molar-refractivity contribution < 1.29 is 8.42 Å². The van der Waals surface area contributed by atoms with E-state index in [2.05, 4.69) is 4.72 Å².